The van der Waals surface area contributed by atoms with Crippen LogP contribution >= 0.6 is 0 Å². The lowest BCUT2D eigenvalue weighted by molar-refractivity contribution is -0.244. The summed E-state index contributed by atoms with van der Waals surface area (Å²) in [6.45, 7) is 5.82. The summed E-state index contributed by atoms with van der Waals surface area (Å²) >= 11 is 0. The van der Waals surface area contributed by atoms with E-state index >= 15 is 0 Å². The van der Waals surface area contributed by atoms with Gasteiger partial charge in [0.2, 0.25) is 5.79 Å². The Morgan fingerprint density at radius 3 is 2.38 bits per heavy atom. The molecule has 0 spiro atoms. The van der Waals surface area contributed by atoms with E-state index in [0.29, 0.717) is 6.42 Å². The van der Waals surface area contributed by atoms with E-state index in [0.717, 1.165) is 11.3 Å². The third-order valence-electron chi connectivity index (χ3n) is 2.99. The molecule has 0 aromatic heterocycles. The molecule has 3 heteroatoms. The third kappa shape index (κ3) is 1.83. The van der Waals surface area contributed by atoms with Gasteiger partial charge in [0.1, 0.15) is 0 Å². The summed E-state index contributed by atoms with van der Waals surface area (Å²) < 4.78 is 0. The van der Waals surface area contributed by atoms with Crippen LogP contribution in [0.3, 0.4) is 0 Å². The summed E-state index contributed by atoms with van der Waals surface area (Å²) in [7, 11) is 0. The van der Waals surface area contributed by atoms with Gasteiger partial charge < -0.3 is 9.94 Å². The average Bonchev–Trinajstić information content (AvgIpc) is 2.63. The van der Waals surface area contributed by atoms with Gasteiger partial charge in [0.15, 0.2) is 0 Å². The van der Waals surface area contributed by atoms with E-state index in [1.54, 1.807) is 0 Å². The molecule has 0 saturated carbocycles. The van der Waals surface area contributed by atoms with Gasteiger partial charge >= 0.3 is 0 Å². The molecule has 0 amide bonds. The van der Waals surface area contributed by atoms with Gasteiger partial charge in [-0.1, -0.05) is 56.3 Å². The third-order valence-corrected chi connectivity index (χ3v) is 2.99. The summed E-state index contributed by atoms with van der Waals surface area (Å²) in [5, 5.41) is 14.3. The highest BCUT2D eigenvalue weighted by Gasteiger charge is 2.47. The Bertz CT molecular complexity index is 406. The maximum Gasteiger partial charge on any atom is 0.245 e. The van der Waals surface area contributed by atoms with E-state index < -0.39 is 5.79 Å². The molecule has 0 aliphatic carbocycles. The predicted molar refractivity (Wildman–Crippen MR) is 63.1 cm³/mol. The van der Waals surface area contributed by atoms with Crippen molar-refractivity contribution in [3.05, 3.63) is 35.9 Å². The van der Waals surface area contributed by atoms with Crippen molar-refractivity contribution in [1.82, 2.24) is 0 Å². The first-order chi connectivity index (χ1) is 7.42. The van der Waals surface area contributed by atoms with Crippen LogP contribution in [0.15, 0.2) is 35.5 Å². The maximum atomic E-state index is 10.3. The van der Waals surface area contributed by atoms with Crippen LogP contribution < -0.4 is 0 Å². The van der Waals surface area contributed by atoms with Crippen molar-refractivity contribution >= 4 is 5.71 Å². The quantitative estimate of drug-likeness (QED) is 0.788. The van der Waals surface area contributed by atoms with Crippen molar-refractivity contribution in [2.24, 2.45) is 10.6 Å². The minimum atomic E-state index is -1.20. The van der Waals surface area contributed by atoms with Crippen molar-refractivity contribution in [2.75, 3.05) is 0 Å². The highest BCUT2D eigenvalue weighted by atomic mass is 16.7. The Balaban J connectivity index is 2.20. The minimum absolute atomic E-state index is 0.354. The zero-order chi connectivity index (χ0) is 11.8. The molecule has 0 bridgehead atoms. The predicted octanol–water partition coefficient (Wildman–Crippen LogP) is 2.55. The number of nitrogens with zero attached hydrogens (tertiary/aromatic N) is 1. The fraction of sp³-hybridized carbons (Fsp3) is 0.462. The average molecular weight is 219 g/mol. The van der Waals surface area contributed by atoms with Crippen molar-refractivity contribution in [3.63, 3.8) is 0 Å². The molecule has 1 N–H and O–H groups in total. The lowest BCUT2D eigenvalue weighted by atomic mass is 9.82. The molecule has 0 saturated heterocycles. The van der Waals surface area contributed by atoms with Crippen LogP contribution in [0.5, 0.6) is 0 Å². The standard InChI is InChI=1S/C13H17NO2/c1-12(2,3)13(15)9-11(14-16-13)10-7-5-4-6-8-10/h4-8,15H,9H2,1-3H3/t13-/m0/s1. The molecule has 3 nitrogen and oxygen atoms in total. The van der Waals surface area contributed by atoms with E-state index in [4.69, 9.17) is 4.84 Å². The monoisotopic (exact) mass is 219 g/mol. The van der Waals surface area contributed by atoms with Gasteiger partial charge in [-0.05, 0) is 5.56 Å². The summed E-state index contributed by atoms with van der Waals surface area (Å²) in [6.07, 6.45) is 0.431. The van der Waals surface area contributed by atoms with E-state index in [-0.39, 0.29) is 5.41 Å². The normalized spacial score (nSPS) is 25.1. The van der Waals surface area contributed by atoms with Gasteiger partial charge in [-0.25, -0.2) is 0 Å². The first kappa shape index (κ1) is 11.1. The molecule has 1 atom stereocenters. The second-order valence-corrected chi connectivity index (χ2v) is 5.21. The largest absolute Gasteiger partial charge is 0.359 e. The highest BCUT2D eigenvalue weighted by molar-refractivity contribution is 6.01. The van der Waals surface area contributed by atoms with Crippen LogP contribution in [0.1, 0.15) is 32.8 Å². The number of aliphatic hydroxyl groups is 1. The molecular weight excluding hydrogens is 202 g/mol. The molecule has 0 fully saturated rings. The van der Waals surface area contributed by atoms with Gasteiger partial charge in [0.05, 0.1) is 12.1 Å². The fourth-order valence-electron chi connectivity index (χ4n) is 1.61. The van der Waals surface area contributed by atoms with E-state index in [1.807, 2.05) is 51.1 Å². The Morgan fingerprint density at radius 2 is 1.88 bits per heavy atom. The van der Waals surface area contributed by atoms with Crippen molar-refractivity contribution in [1.29, 1.82) is 0 Å². The zero-order valence-electron chi connectivity index (χ0n) is 9.90. The summed E-state index contributed by atoms with van der Waals surface area (Å²) in [5.74, 6) is -1.20. The van der Waals surface area contributed by atoms with Gasteiger partial charge in [0.25, 0.3) is 0 Å². The van der Waals surface area contributed by atoms with Crippen molar-refractivity contribution < 1.29 is 9.94 Å². The van der Waals surface area contributed by atoms with Crippen LogP contribution in [0, 0.1) is 5.41 Å². The summed E-state index contributed by atoms with van der Waals surface area (Å²) in [6, 6.07) is 9.79. The number of rotatable bonds is 1. The van der Waals surface area contributed by atoms with Gasteiger partial charge in [0, 0.05) is 5.41 Å². The van der Waals surface area contributed by atoms with E-state index in [2.05, 4.69) is 5.16 Å². The highest BCUT2D eigenvalue weighted by Crippen LogP contribution is 2.39. The van der Waals surface area contributed by atoms with Crippen molar-refractivity contribution in [2.45, 2.75) is 33.0 Å². The summed E-state index contributed by atoms with van der Waals surface area (Å²) in [5.41, 5.74) is 1.45. The number of hydrogen-bond acceptors (Lipinski definition) is 3. The molecule has 86 valence electrons. The Labute approximate surface area is 95.7 Å². The SMILES string of the molecule is CC(C)(C)[C@]1(O)CC(c2ccccc2)=NO1. The van der Waals surface area contributed by atoms with Crippen molar-refractivity contribution in [3.8, 4) is 0 Å². The number of oxime groups is 1. The van der Waals surface area contributed by atoms with Crippen LogP contribution in [0.2, 0.25) is 0 Å². The van der Waals surface area contributed by atoms with Gasteiger partial charge in [-0.3, -0.25) is 0 Å². The Hall–Kier alpha value is -1.35. The molecule has 2 rings (SSSR count). The van der Waals surface area contributed by atoms with Crippen LogP contribution in [0.25, 0.3) is 0 Å². The van der Waals surface area contributed by atoms with Crippen LogP contribution in [0.4, 0.5) is 0 Å². The second-order valence-electron chi connectivity index (χ2n) is 5.21. The van der Waals surface area contributed by atoms with E-state index in [9.17, 15) is 5.11 Å². The number of hydrogen-bond donors (Lipinski definition) is 1. The smallest absolute Gasteiger partial charge is 0.245 e. The minimum Gasteiger partial charge on any atom is -0.359 e. The van der Waals surface area contributed by atoms with E-state index in [1.165, 1.54) is 0 Å². The first-order valence-electron chi connectivity index (χ1n) is 5.45. The first-order valence-corrected chi connectivity index (χ1v) is 5.45. The summed E-state index contributed by atoms with van der Waals surface area (Å²) in [4.78, 5) is 5.22. The fourth-order valence-corrected chi connectivity index (χ4v) is 1.61. The Kier molecular flexibility index (Phi) is 2.50. The molecule has 0 radical (unpaired) electrons. The van der Waals surface area contributed by atoms with Crippen LogP contribution in [-0.4, -0.2) is 16.6 Å². The molecule has 1 aliphatic heterocycles. The lowest BCUT2D eigenvalue weighted by Crippen LogP contribution is -2.42. The topological polar surface area (TPSA) is 41.8 Å². The number of benzene rings is 1. The Morgan fingerprint density at radius 1 is 1.25 bits per heavy atom. The lowest BCUT2D eigenvalue weighted by Gasteiger charge is -2.33. The maximum absolute atomic E-state index is 10.3. The molecule has 1 aromatic carbocycles. The molecule has 0 unspecified atom stereocenters. The second kappa shape index (κ2) is 3.59. The van der Waals surface area contributed by atoms with Crippen LogP contribution in [-0.2, 0) is 4.84 Å². The molecule has 1 aromatic rings. The molecule has 1 aliphatic rings. The molecule has 1 heterocycles. The van der Waals surface area contributed by atoms with Gasteiger partial charge in [-0.2, -0.15) is 0 Å². The van der Waals surface area contributed by atoms with Gasteiger partial charge in [-0.15, -0.1) is 0 Å². The zero-order valence-corrected chi connectivity index (χ0v) is 9.90. The molecular formula is C13H17NO2. The molecule has 16 heavy (non-hydrogen) atoms.